The van der Waals surface area contributed by atoms with Gasteiger partial charge in [0.2, 0.25) is 0 Å². The normalized spacial score (nSPS) is 11.1. The molecule has 1 N–H and O–H groups in total. The molecule has 0 aliphatic rings. The number of hydrogen-bond donors (Lipinski definition) is 1. The Morgan fingerprint density at radius 1 is 0.963 bits per heavy atom. The topological polar surface area (TPSA) is 47.2 Å². The van der Waals surface area contributed by atoms with Crippen LogP contribution in [0.15, 0.2) is 65.3 Å². The van der Waals surface area contributed by atoms with E-state index in [2.05, 4.69) is 42.6 Å². The van der Waals surface area contributed by atoms with Crippen molar-refractivity contribution >= 4 is 22.7 Å². The predicted octanol–water partition coefficient (Wildman–Crippen LogP) is 5.46. The molecule has 27 heavy (non-hydrogen) atoms. The van der Waals surface area contributed by atoms with Crippen LogP contribution < -0.4 is 5.32 Å². The van der Waals surface area contributed by atoms with Crippen molar-refractivity contribution in [2.45, 2.75) is 27.3 Å². The number of amides is 1. The first kappa shape index (κ1) is 17.2. The van der Waals surface area contributed by atoms with Gasteiger partial charge in [-0.25, -0.2) is 0 Å². The molecule has 0 aliphatic heterocycles. The van der Waals surface area contributed by atoms with E-state index in [1.165, 1.54) is 11.1 Å². The van der Waals surface area contributed by atoms with E-state index in [-0.39, 0.29) is 5.91 Å². The number of rotatable bonds is 4. The lowest BCUT2D eigenvalue weighted by Crippen LogP contribution is -2.18. The molecule has 0 bridgehead atoms. The smallest absolute Gasteiger partial charge is 0.272 e. The number of aryl methyl sites for hydroxylation is 3. The largest absolute Gasteiger partial charge is 0.463 e. The van der Waals surface area contributed by atoms with Crippen LogP contribution in [0.25, 0.3) is 11.1 Å². The summed E-state index contributed by atoms with van der Waals surface area (Å²) in [5.41, 5.74) is 7.62. The average molecular weight is 358 g/mol. The second-order valence-electron chi connectivity index (χ2n) is 7.04. The molecule has 0 radical (unpaired) electrons. The van der Waals surface area contributed by atoms with Gasteiger partial charge in [0.15, 0.2) is 5.58 Å². The third-order valence-corrected chi connectivity index (χ3v) is 4.85. The minimum atomic E-state index is -0.138. The highest BCUT2D eigenvalue weighted by Gasteiger charge is 2.18. The second-order valence-corrected chi connectivity index (χ2v) is 7.04. The van der Waals surface area contributed by atoms with Gasteiger partial charge < -0.3 is 14.3 Å². The molecule has 0 saturated carbocycles. The molecule has 0 spiro atoms. The molecule has 1 amide bonds. The zero-order valence-corrected chi connectivity index (χ0v) is 15.7. The van der Waals surface area contributed by atoms with Gasteiger partial charge in [-0.05, 0) is 38.0 Å². The maximum atomic E-state index is 13.0. The van der Waals surface area contributed by atoms with E-state index in [0.717, 1.165) is 22.3 Å². The van der Waals surface area contributed by atoms with E-state index >= 15 is 0 Å². The molecule has 4 aromatic rings. The third-order valence-electron chi connectivity index (χ3n) is 4.85. The maximum absolute atomic E-state index is 13.0. The molecule has 4 rings (SSSR count). The zero-order chi connectivity index (χ0) is 19.0. The monoisotopic (exact) mass is 358 g/mol. The molecule has 4 nitrogen and oxygen atoms in total. The third kappa shape index (κ3) is 3.38. The van der Waals surface area contributed by atoms with Crippen LogP contribution in [0, 0.1) is 20.8 Å². The van der Waals surface area contributed by atoms with Crippen LogP contribution in [-0.2, 0) is 6.54 Å². The molecule has 2 aromatic carbocycles. The molecule has 0 unspecified atom stereocenters. The quantitative estimate of drug-likeness (QED) is 0.526. The first-order valence-electron chi connectivity index (χ1n) is 9.02. The van der Waals surface area contributed by atoms with Crippen LogP contribution in [0.2, 0.25) is 0 Å². The standard InChI is InChI=1S/C23H22N2O2/c1-15-4-7-18(8-5-15)14-25-20-10-11-27-22(20)13-21(25)23(26)24-19-9-6-16(2)12-17(19)3/h4-13H,14H2,1-3H3,(H,24,26). The van der Waals surface area contributed by atoms with E-state index in [0.29, 0.717) is 17.8 Å². The van der Waals surface area contributed by atoms with Crippen molar-refractivity contribution in [3.05, 3.63) is 88.8 Å². The Morgan fingerprint density at radius 3 is 2.44 bits per heavy atom. The molecule has 0 fully saturated rings. The lowest BCUT2D eigenvalue weighted by Gasteiger charge is -2.12. The summed E-state index contributed by atoms with van der Waals surface area (Å²) < 4.78 is 7.54. The summed E-state index contributed by atoms with van der Waals surface area (Å²) in [6.07, 6.45) is 1.65. The minimum absolute atomic E-state index is 0.138. The highest BCUT2D eigenvalue weighted by molar-refractivity contribution is 6.06. The summed E-state index contributed by atoms with van der Waals surface area (Å²) >= 11 is 0. The Labute approximate surface area is 158 Å². The molecule has 0 atom stereocenters. The number of benzene rings is 2. The van der Waals surface area contributed by atoms with Crippen LogP contribution in [0.1, 0.15) is 32.7 Å². The van der Waals surface area contributed by atoms with E-state index in [1.807, 2.05) is 42.7 Å². The molecule has 136 valence electrons. The number of furan rings is 1. The zero-order valence-electron chi connectivity index (χ0n) is 15.7. The predicted molar refractivity (Wildman–Crippen MR) is 108 cm³/mol. The summed E-state index contributed by atoms with van der Waals surface area (Å²) in [6, 6.07) is 18.1. The van der Waals surface area contributed by atoms with Gasteiger partial charge in [0, 0.05) is 24.4 Å². The Hall–Kier alpha value is -3.27. The lowest BCUT2D eigenvalue weighted by molar-refractivity contribution is 0.101. The van der Waals surface area contributed by atoms with Gasteiger partial charge in [0.05, 0.1) is 11.8 Å². The first-order valence-corrected chi connectivity index (χ1v) is 9.02. The van der Waals surface area contributed by atoms with Gasteiger partial charge in [-0.15, -0.1) is 0 Å². The first-order chi connectivity index (χ1) is 13.0. The van der Waals surface area contributed by atoms with E-state index in [9.17, 15) is 4.79 Å². The highest BCUT2D eigenvalue weighted by atomic mass is 16.3. The number of nitrogens with zero attached hydrogens (tertiary/aromatic N) is 1. The van der Waals surface area contributed by atoms with Crippen LogP contribution in [0.4, 0.5) is 5.69 Å². The number of carbonyl (C=O) groups excluding carboxylic acids is 1. The Morgan fingerprint density at radius 2 is 1.70 bits per heavy atom. The minimum Gasteiger partial charge on any atom is -0.463 e. The Kier molecular flexibility index (Phi) is 4.32. The number of fused-ring (bicyclic) bond motifs is 1. The van der Waals surface area contributed by atoms with Crippen LogP contribution in [0.5, 0.6) is 0 Å². The number of anilines is 1. The SMILES string of the molecule is Cc1ccc(Cn2c(C(=O)Nc3ccc(C)cc3C)cc3occc32)cc1. The van der Waals surface area contributed by atoms with Crippen molar-refractivity contribution in [2.75, 3.05) is 5.32 Å². The fourth-order valence-electron chi connectivity index (χ4n) is 3.35. The van der Waals surface area contributed by atoms with E-state index < -0.39 is 0 Å². The van der Waals surface area contributed by atoms with Gasteiger partial charge in [0.25, 0.3) is 5.91 Å². The molecular formula is C23H22N2O2. The molecule has 2 aromatic heterocycles. The van der Waals surface area contributed by atoms with Gasteiger partial charge in [-0.3, -0.25) is 4.79 Å². The fraction of sp³-hybridized carbons (Fsp3) is 0.174. The molecular weight excluding hydrogens is 336 g/mol. The number of nitrogens with one attached hydrogen (secondary N) is 1. The van der Waals surface area contributed by atoms with Crippen LogP contribution >= 0.6 is 0 Å². The van der Waals surface area contributed by atoms with Gasteiger partial charge in [-0.2, -0.15) is 0 Å². The Bertz CT molecular complexity index is 1120. The van der Waals surface area contributed by atoms with Crippen molar-refractivity contribution in [3.8, 4) is 0 Å². The lowest BCUT2D eigenvalue weighted by atomic mass is 10.1. The number of carbonyl (C=O) groups is 1. The molecule has 2 heterocycles. The molecule has 0 saturated heterocycles. The highest BCUT2D eigenvalue weighted by Crippen LogP contribution is 2.24. The van der Waals surface area contributed by atoms with Crippen molar-refractivity contribution in [1.82, 2.24) is 4.57 Å². The summed E-state index contributed by atoms with van der Waals surface area (Å²) in [5, 5.41) is 3.04. The summed E-state index contributed by atoms with van der Waals surface area (Å²) in [7, 11) is 0. The summed E-state index contributed by atoms with van der Waals surface area (Å²) in [4.78, 5) is 13.0. The number of aromatic nitrogens is 1. The van der Waals surface area contributed by atoms with Gasteiger partial charge >= 0.3 is 0 Å². The van der Waals surface area contributed by atoms with Crippen LogP contribution in [0.3, 0.4) is 0 Å². The van der Waals surface area contributed by atoms with Crippen molar-refractivity contribution in [3.63, 3.8) is 0 Å². The van der Waals surface area contributed by atoms with Crippen LogP contribution in [-0.4, -0.2) is 10.5 Å². The second kappa shape index (κ2) is 6.80. The summed E-state index contributed by atoms with van der Waals surface area (Å²) in [6.45, 7) is 6.72. The van der Waals surface area contributed by atoms with Gasteiger partial charge in [0.1, 0.15) is 5.69 Å². The molecule has 0 aliphatic carbocycles. The van der Waals surface area contributed by atoms with E-state index in [1.54, 1.807) is 6.26 Å². The van der Waals surface area contributed by atoms with Crippen molar-refractivity contribution in [2.24, 2.45) is 0 Å². The van der Waals surface area contributed by atoms with Crippen molar-refractivity contribution < 1.29 is 9.21 Å². The van der Waals surface area contributed by atoms with E-state index in [4.69, 9.17) is 4.42 Å². The van der Waals surface area contributed by atoms with Gasteiger partial charge in [-0.1, -0.05) is 47.5 Å². The molecule has 4 heteroatoms. The number of hydrogen-bond acceptors (Lipinski definition) is 2. The summed E-state index contributed by atoms with van der Waals surface area (Å²) in [5.74, 6) is -0.138. The maximum Gasteiger partial charge on any atom is 0.272 e. The fourth-order valence-corrected chi connectivity index (χ4v) is 3.35. The van der Waals surface area contributed by atoms with Crippen molar-refractivity contribution in [1.29, 1.82) is 0 Å². The Balaban J connectivity index is 1.69. The average Bonchev–Trinajstić information content (AvgIpc) is 3.22.